The Morgan fingerprint density at radius 2 is 1.97 bits per heavy atom. The van der Waals surface area contributed by atoms with Crippen molar-refractivity contribution in [3.05, 3.63) is 82.9 Å². The van der Waals surface area contributed by atoms with Crippen LogP contribution in [-0.4, -0.2) is 27.5 Å². The van der Waals surface area contributed by atoms with Crippen LogP contribution in [-0.2, 0) is 12.8 Å². The van der Waals surface area contributed by atoms with Gasteiger partial charge in [0.2, 0.25) is 0 Å². The zero-order valence-corrected chi connectivity index (χ0v) is 18.7. The first-order valence-corrected chi connectivity index (χ1v) is 11.5. The van der Waals surface area contributed by atoms with Crippen LogP contribution in [0.2, 0.25) is 0 Å². The predicted octanol–water partition coefficient (Wildman–Crippen LogP) is 5.55. The predicted molar refractivity (Wildman–Crippen MR) is 126 cm³/mol. The van der Waals surface area contributed by atoms with Crippen molar-refractivity contribution in [1.82, 2.24) is 9.78 Å². The van der Waals surface area contributed by atoms with E-state index < -0.39 is 5.60 Å². The topological polar surface area (TPSA) is 50.1 Å². The number of rotatable bonds is 6. The van der Waals surface area contributed by atoms with Crippen LogP contribution < -0.4 is 5.32 Å². The Morgan fingerprint density at radius 3 is 2.72 bits per heavy atom. The molecule has 2 N–H and O–H groups in total. The van der Waals surface area contributed by atoms with E-state index in [0.717, 1.165) is 42.6 Å². The molecule has 3 aromatic rings. The molecular weight excluding hydrogens is 401 g/mol. The minimum absolute atomic E-state index is 0.246. The third-order valence-corrected chi connectivity index (χ3v) is 7.76. The third-order valence-electron chi connectivity index (χ3n) is 7.76. The molecule has 0 radical (unpaired) electrons. The van der Waals surface area contributed by atoms with Gasteiger partial charge < -0.3 is 10.4 Å². The number of halogens is 1. The third kappa shape index (κ3) is 3.10. The van der Waals surface area contributed by atoms with E-state index >= 15 is 0 Å². The van der Waals surface area contributed by atoms with Crippen molar-refractivity contribution >= 4 is 11.8 Å². The van der Waals surface area contributed by atoms with Gasteiger partial charge in [0.15, 0.2) is 0 Å². The fourth-order valence-electron chi connectivity index (χ4n) is 6.00. The van der Waals surface area contributed by atoms with Crippen LogP contribution in [0.3, 0.4) is 0 Å². The van der Waals surface area contributed by atoms with Crippen LogP contribution in [0, 0.1) is 11.2 Å². The van der Waals surface area contributed by atoms with E-state index in [1.54, 1.807) is 13.1 Å². The summed E-state index contributed by atoms with van der Waals surface area (Å²) in [5.74, 6) is -0.246. The minimum atomic E-state index is -0.822. The SMILES string of the molecule is CCC12Cc3cnn(-c4ccccc4)c3C=C1CCC2(O)CCc1cccc(F)c1NC. The lowest BCUT2D eigenvalue weighted by Gasteiger charge is -2.45. The molecule has 1 saturated carbocycles. The lowest BCUT2D eigenvalue weighted by Crippen LogP contribution is -2.47. The molecule has 0 spiro atoms. The highest BCUT2D eigenvalue weighted by Gasteiger charge is 2.56. The van der Waals surface area contributed by atoms with Crippen LogP contribution in [0.5, 0.6) is 0 Å². The molecule has 5 heteroatoms. The molecule has 2 atom stereocenters. The lowest BCUT2D eigenvalue weighted by molar-refractivity contribution is -0.0568. The van der Waals surface area contributed by atoms with Gasteiger partial charge in [-0.3, -0.25) is 0 Å². The molecule has 2 unspecified atom stereocenters. The van der Waals surface area contributed by atoms with Gasteiger partial charge in [-0.05, 0) is 73.9 Å². The summed E-state index contributed by atoms with van der Waals surface area (Å²) < 4.78 is 16.2. The van der Waals surface area contributed by atoms with E-state index in [1.165, 1.54) is 17.2 Å². The largest absolute Gasteiger partial charge is 0.389 e. The Hall–Kier alpha value is -2.92. The molecule has 166 valence electrons. The summed E-state index contributed by atoms with van der Waals surface area (Å²) in [6, 6.07) is 15.4. The molecule has 2 aliphatic carbocycles. The van der Waals surface area contributed by atoms with Crippen molar-refractivity contribution < 1.29 is 9.50 Å². The van der Waals surface area contributed by atoms with E-state index in [9.17, 15) is 9.50 Å². The minimum Gasteiger partial charge on any atom is -0.389 e. The number of hydrogen-bond acceptors (Lipinski definition) is 3. The van der Waals surface area contributed by atoms with Gasteiger partial charge in [0.05, 0.1) is 28.9 Å². The zero-order valence-electron chi connectivity index (χ0n) is 18.7. The highest BCUT2D eigenvalue weighted by molar-refractivity contribution is 5.63. The summed E-state index contributed by atoms with van der Waals surface area (Å²) in [7, 11) is 1.74. The van der Waals surface area contributed by atoms with E-state index in [1.807, 2.05) is 35.1 Å². The second-order valence-corrected chi connectivity index (χ2v) is 9.14. The van der Waals surface area contributed by atoms with Gasteiger partial charge in [-0.15, -0.1) is 0 Å². The van der Waals surface area contributed by atoms with Gasteiger partial charge in [0.25, 0.3) is 0 Å². The number of aromatic nitrogens is 2. The molecule has 1 heterocycles. The molecule has 1 fully saturated rings. The van der Waals surface area contributed by atoms with Crippen LogP contribution >= 0.6 is 0 Å². The average Bonchev–Trinajstić information content (AvgIpc) is 3.35. The maximum Gasteiger partial charge on any atom is 0.146 e. The number of para-hydroxylation sites is 2. The first-order valence-electron chi connectivity index (χ1n) is 11.5. The van der Waals surface area contributed by atoms with Crippen molar-refractivity contribution in [2.45, 2.75) is 51.0 Å². The monoisotopic (exact) mass is 431 g/mol. The number of aryl methyl sites for hydroxylation is 1. The number of benzene rings is 2. The highest BCUT2D eigenvalue weighted by atomic mass is 19.1. The number of nitrogens with zero attached hydrogens (tertiary/aromatic N) is 2. The number of nitrogens with one attached hydrogen (secondary N) is 1. The molecule has 2 aromatic carbocycles. The molecule has 1 aromatic heterocycles. The highest BCUT2D eigenvalue weighted by Crippen LogP contribution is 2.59. The van der Waals surface area contributed by atoms with E-state index in [2.05, 4.69) is 35.5 Å². The Bertz CT molecular complexity index is 1170. The van der Waals surface area contributed by atoms with Crippen molar-refractivity contribution in [2.75, 3.05) is 12.4 Å². The maximum absolute atomic E-state index is 14.2. The molecule has 0 saturated heterocycles. The zero-order chi connectivity index (χ0) is 22.3. The van der Waals surface area contributed by atoms with Crippen molar-refractivity contribution in [1.29, 1.82) is 0 Å². The fraction of sp³-hybridized carbons (Fsp3) is 0.370. The molecule has 0 aliphatic heterocycles. The molecule has 5 rings (SSSR count). The van der Waals surface area contributed by atoms with Gasteiger partial charge in [-0.2, -0.15) is 5.10 Å². The van der Waals surface area contributed by atoms with Gasteiger partial charge in [0.1, 0.15) is 5.82 Å². The molecule has 32 heavy (non-hydrogen) atoms. The Kier molecular flexibility index (Phi) is 5.17. The first kappa shape index (κ1) is 21.0. The smallest absolute Gasteiger partial charge is 0.146 e. The summed E-state index contributed by atoms with van der Waals surface area (Å²) in [6.45, 7) is 2.18. The van der Waals surface area contributed by atoms with E-state index in [-0.39, 0.29) is 11.2 Å². The fourth-order valence-corrected chi connectivity index (χ4v) is 6.00. The molecule has 2 aliphatic rings. The van der Waals surface area contributed by atoms with Crippen molar-refractivity contribution in [3.63, 3.8) is 0 Å². The summed E-state index contributed by atoms with van der Waals surface area (Å²) in [5, 5.41) is 19.7. The lowest BCUT2D eigenvalue weighted by atomic mass is 9.63. The van der Waals surface area contributed by atoms with Gasteiger partial charge >= 0.3 is 0 Å². The van der Waals surface area contributed by atoms with Crippen molar-refractivity contribution in [3.8, 4) is 5.69 Å². The van der Waals surface area contributed by atoms with Crippen molar-refractivity contribution in [2.24, 2.45) is 5.41 Å². The Balaban J connectivity index is 1.47. The van der Waals surface area contributed by atoms with E-state index in [4.69, 9.17) is 0 Å². The summed E-state index contributed by atoms with van der Waals surface area (Å²) in [4.78, 5) is 0. The number of hydrogen-bond donors (Lipinski definition) is 2. The molecular formula is C27H30FN3O. The molecule has 0 amide bonds. The number of fused-ring (bicyclic) bond motifs is 2. The second kappa shape index (κ2) is 7.89. The Morgan fingerprint density at radius 1 is 1.16 bits per heavy atom. The van der Waals surface area contributed by atoms with Crippen LogP contribution in [0.15, 0.2) is 60.3 Å². The van der Waals surface area contributed by atoms with Gasteiger partial charge in [-0.25, -0.2) is 9.07 Å². The number of aliphatic hydroxyl groups is 1. The van der Waals surface area contributed by atoms with Gasteiger partial charge in [0, 0.05) is 12.5 Å². The molecule has 0 bridgehead atoms. The standard InChI is InChI=1S/C27H30FN3O/c1-3-26-17-20-18-30-31(22-9-5-4-6-10-22)24(20)16-21(26)13-15-27(26,32)14-12-19-8-7-11-23(28)25(19)29-2/h4-11,16,18,29,32H,3,12-15,17H2,1-2H3. The normalized spacial score (nSPS) is 24.1. The average molecular weight is 432 g/mol. The summed E-state index contributed by atoms with van der Waals surface area (Å²) in [6.07, 6.45) is 8.74. The van der Waals surface area contributed by atoms with Crippen LogP contribution in [0.4, 0.5) is 10.1 Å². The summed E-state index contributed by atoms with van der Waals surface area (Å²) in [5.41, 5.74) is 5.01. The van der Waals surface area contributed by atoms with E-state index in [0.29, 0.717) is 18.5 Å². The number of anilines is 1. The maximum atomic E-state index is 14.2. The quantitative estimate of drug-likeness (QED) is 0.538. The molecule has 4 nitrogen and oxygen atoms in total. The second-order valence-electron chi connectivity index (χ2n) is 9.14. The summed E-state index contributed by atoms with van der Waals surface area (Å²) >= 11 is 0. The Labute approximate surface area is 188 Å². The first-order chi connectivity index (χ1) is 15.5. The van der Waals surface area contributed by atoms with Crippen LogP contribution in [0.25, 0.3) is 11.8 Å². The van der Waals surface area contributed by atoms with Gasteiger partial charge in [-0.1, -0.05) is 42.8 Å². The van der Waals surface area contributed by atoms with Crippen LogP contribution in [0.1, 0.15) is 49.4 Å².